The van der Waals surface area contributed by atoms with Crippen LogP contribution in [0, 0.1) is 0 Å². The molecule has 0 heterocycles. The third-order valence-electron chi connectivity index (χ3n) is 4.05. The van der Waals surface area contributed by atoms with Crippen LogP contribution in [-0.2, 0) is 21.4 Å². The predicted molar refractivity (Wildman–Crippen MR) is 108 cm³/mol. The Balaban J connectivity index is 2.38. The summed E-state index contributed by atoms with van der Waals surface area (Å²) in [5.74, 6) is -0.373. The van der Waals surface area contributed by atoms with Crippen molar-refractivity contribution in [2.75, 3.05) is 6.54 Å². The van der Waals surface area contributed by atoms with Crippen molar-refractivity contribution in [2.45, 2.75) is 37.8 Å². The average molecular weight is 429 g/mol. The molecule has 2 aromatic carbocycles. The van der Waals surface area contributed by atoms with Crippen molar-refractivity contribution in [2.24, 2.45) is 0 Å². The molecule has 0 fully saturated rings. The molecule has 0 saturated heterocycles. The van der Waals surface area contributed by atoms with E-state index in [1.54, 1.807) is 12.1 Å². The molecular formula is C19H22Cl2N2O3S. The quantitative estimate of drug-likeness (QED) is 0.687. The fourth-order valence-electron chi connectivity index (χ4n) is 2.41. The monoisotopic (exact) mass is 428 g/mol. The summed E-state index contributed by atoms with van der Waals surface area (Å²) in [6.07, 6.45) is 0.747. The summed E-state index contributed by atoms with van der Waals surface area (Å²) in [6, 6.07) is 13.3. The Kier molecular flexibility index (Phi) is 7.68. The Hall–Kier alpha value is -1.60. The lowest BCUT2D eigenvalue weighted by molar-refractivity contribution is -0.122. The van der Waals surface area contributed by atoms with Gasteiger partial charge in [-0.2, -0.15) is 4.31 Å². The summed E-state index contributed by atoms with van der Waals surface area (Å²) < 4.78 is 27.5. The van der Waals surface area contributed by atoms with Crippen molar-refractivity contribution in [3.63, 3.8) is 0 Å². The molecule has 0 saturated carbocycles. The lowest BCUT2D eigenvalue weighted by Crippen LogP contribution is -2.43. The van der Waals surface area contributed by atoms with Crippen LogP contribution < -0.4 is 5.32 Å². The molecule has 1 amide bonds. The first-order valence-electron chi connectivity index (χ1n) is 8.52. The molecule has 0 radical (unpaired) electrons. The topological polar surface area (TPSA) is 66.5 Å². The van der Waals surface area contributed by atoms with E-state index in [9.17, 15) is 13.2 Å². The molecule has 0 aromatic heterocycles. The summed E-state index contributed by atoms with van der Waals surface area (Å²) in [4.78, 5) is 12.2. The second kappa shape index (κ2) is 9.55. The van der Waals surface area contributed by atoms with Gasteiger partial charge in [-0.05, 0) is 37.1 Å². The Morgan fingerprint density at radius 2 is 1.81 bits per heavy atom. The van der Waals surface area contributed by atoms with Crippen molar-refractivity contribution in [1.29, 1.82) is 0 Å². The predicted octanol–water partition coefficient (Wildman–Crippen LogP) is 4.10. The van der Waals surface area contributed by atoms with Crippen molar-refractivity contribution in [1.82, 2.24) is 9.62 Å². The van der Waals surface area contributed by atoms with E-state index in [0.29, 0.717) is 0 Å². The van der Waals surface area contributed by atoms with E-state index >= 15 is 0 Å². The Bertz CT molecular complexity index is 889. The van der Waals surface area contributed by atoms with E-state index in [1.807, 2.05) is 32.0 Å². The Morgan fingerprint density at radius 3 is 2.44 bits per heavy atom. The number of hydrogen-bond acceptors (Lipinski definition) is 3. The summed E-state index contributed by atoms with van der Waals surface area (Å²) >= 11 is 12.1. The molecule has 27 heavy (non-hydrogen) atoms. The Morgan fingerprint density at radius 1 is 1.15 bits per heavy atom. The molecule has 0 aliphatic rings. The highest BCUT2D eigenvalue weighted by molar-refractivity contribution is 7.89. The van der Waals surface area contributed by atoms with E-state index in [4.69, 9.17) is 23.2 Å². The van der Waals surface area contributed by atoms with Crippen LogP contribution >= 0.6 is 23.2 Å². The van der Waals surface area contributed by atoms with Crippen LogP contribution in [0.15, 0.2) is 53.4 Å². The van der Waals surface area contributed by atoms with Gasteiger partial charge in [0.05, 0.1) is 11.6 Å². The SMILES string of the molecule is CC[C@@H](C)NC(=O)CN(Cc1ccccc1)S(=O)(=O)c1cc(Cl)ccc1Cl. The third-order valence-corrected chi connectivity index (χ3v) is 6.56. The maximum absolute atomic E-state index is 13.2. The smallest absolute Gasteiger partial charge is 0.245 e. The number of halogens is 2. The fourth-order valence-corrected chi connectivity index (χ4v) is 4.53. The molecule has 2 aromatic rings. The standard InChI is InChI=1S/C19H22Cl2N2O3S/c1-3-14(2)22-19(24)13-23(12-15-7-5-4-6-8-15)27(25,26)18-11-16(20)9-10-17(18)21/h4-11,14H,3,12-13H2,1-2H3,(H,22,24)/t14-/m1/s1. The molecule has 8 heteroatoms. The van der Waals surface area contributed by atoms with E-state index in [-0.39, 0.29) is 40.0 Å². The molecule has 1 atom stereocenters. The van der Waals surface area contributed by atoms with Crippen molar-refractivity contribution in [3.8, 4) is 0 Å². The fraction of sp³-hybridized carbons (Fsp3) is 0.316. The highest BCUT2D eigenvalue weighted by Gasteiger charge is 2.29. The van der Waals surface area contributed by atoms with Crippen LogP contribution in [0.25, 0.3) is 0 Å². The minimum absolute atomic E-state index is 0.0416. The van der Waals surface area contributed by atoms with Gasteiger partial charge in [-0.3, -0.25) is 4.79 Å². The number of nitrogens with one attached hydrogen (secondary N) is 1. The number of hydrogen-bond donors (Lipinski definition) is 1. The lowest BCUT2D eigenvalue weighted by atomic mass is 10.2. The van der Waals surface area contributed by atoms with Crippen LogP contribution in [0.2, 0.25) is 10.0 Å². The van der Waals surface area contributed by atoms with Gasteiger partial charge in [0.2, 0.25) is 15.9 Å². The molecule has 0 aliphatic carbocycles. The minimum Gasteiger partial charge on any atom is -0.353 e. The van der Waals surface area contributed by atoms with Crippen molar-refractivity contribution >= 4 is 39.1 Å². The zero-order chi connectivity index (χ0) is 20.0. The molecule has 1 N–H and O–H groups in total. The number of nitrogens with zero attached hydrogens (tertiary/aromatic N) is 1. The second-order valence-corrected chi connectivity index (χ2v) is 8.96. The van der Waals surface area contributed by atoms with Crippen LogP contribution in [-0.4, -0.2) is 31.2 Å². The molecule has 0 bridgehead atoms. The zero-order valence-corrected chi connectivity index (χ0v) is 17.5. The highest BCUT2D eigenvalue weighted by atomic mass is 35.5. The molecule has 0 aliphatic heterocycles. The molecular weight excluding hydrogens is 407 g/mol. The maximum Gasteiger partial charge on any atom is 0.245 e. The van der Waals surface area contributed by atoms with Gasteiger partial charge in [-0.15, -0.1) is 0 Å². The third kappa shape index (κ3) is 5.94. The summed E-state index contributed by atoms with van der Waals surface area (Å²) in [7, 11) is -4.03. The average Bonchev–Trinajstić information content (AvgIpc) is 2.63. The number of sulfonamides is 1. The van der Waals surface area contributed by atoms with Crippen molar-refractivity contribution in [3.05, 3.63) is 64.1 Å². The highest BCUT2D eigenvalue weighted by Crippen LogP contribution is 2.28. The Labute approximate surface area is 170 Å². The van der Waals surface area contributed by atoms with Gasteiger partial charge in [0.15, 0.2) is 0 Å². The van der Waals surface area contributed by atoms with E-state index < -0.39 is 10.0 Å². The van der Waals surface area contributed by atoms with Crippen LogP contribution in [0.1, 0.15) is 25.8 Å². The number of carbonyl (C=O) groups excluding carboxylic acids is 1. The van der Waals surface area contributed by atoms with E-state index in [0.717, 1.165) is 16.3 Å². The van der Waals surface area contributed by atoms with Crippen LogP contribution in [0.3, 0.4) is 0 Å². The van der Waals surface area contributed by atoms with Crippen molar-refractivity contribution < 1.29 is 13.2 Å². The van der Waals surface area contributed by atoms with Gasteiger partial charge >= 0.3 is 0 Å². The summed E-state index contributed by atoms with van der Waals surface area (Å²) in [6.45, 7) is 3.53. The number of amides is 1. The summed E-state index contributed by atoms with van der Waals surface area (Å²) in [5.41, 5.74) is 0.760. The molecule has 0 unspecified atom stereocenters. The lowest BCUT2D eigenvalue weighted by Gasteiger charge is -2.23. The van der Waals surface area contributed by atoms with Gasteiger partial charge in [0, 0.05) is 17.6 Å². The number of rotatable bonds is 8. The first kappa shape index (κ1) is 21.7. The molecule has 146 valence electrons. The molecule has 5 nitrogen and oxygen atoms in total. The van der Waals surface area contributed by atoms with Gasteiger partial charge in [0.1, 0.15) is 4.90 Å². The first-order valence-corrected chi connectivity index (χ1v) is 10.7. The normalized spacial score (nSPS) is 12.8. The van der Waals surface area contributed by atoms with E-state index in [1.165, 1.54) is 18.2 Å². The number of benzene rings is 2. The van der Waals surface area contributed by atoms with Gasteiger partial charge in [-0.1, -0.05) is 60.5 Å². The zero-order valence-electron chi connectivity index (χ0n) is 15.2. The van der Waals surface area contributed by atoms with E-state index in [2.05, 4.69) is 5.32 Å². The second-order valence-electron chi connectivity index (χ2n) is 6.21. The maximum atomic E-state index is 13.2. The minimum atomic E-state index is -4.03. The van der Waals surface area contributed by atoms with Gasteiger partial charge < -0.3 is 5.32 Å². The van der Waals surface area contributed by atoms with Gasteiger partial charge in [-0.25, -0.2) is 8.42 Å². The first-order chi connectivity index (χ1) is 12.7. The van der Waals surface area contributed by atoms with Crippen LogP contribution in [0.5, 0.6) is 0 Å². The van der Waals surface area contributed by atoms with Gasteiger partial charge in [0.25, 0.3) is 0 Å². The molecule has 2 rings (SSSR count). The summed E-state index contributed by atoms with van der Waals surface area (Å²) in [5, 5.41) is 3.10. The van der Waals surface area contributed by atoms with Crippen LogP contribution in [0.4, 0.5) is 0 Å². The molecule has 0 spiro atoms. The number of carbonyl (C=O) groups is 1. The largest absolute Gasteiger partial charge is 0.353 e.